The van der Waals surface area contributed by atoms with Gasteiger partial charge < -0.3 is 11.1 Å². The minimum Gasteiger partial charge on any atom is -0.397 e. The van der Waals surface area contributed by atoms with E-state index in [9.17, 15) is 0 Å². The smallest absolute Gasteiger partial charge is 0.140 e. The maximum absolute atomic E-state index is 5.64. The number of hydrogen-bond donors (Lipinski definition) is 2. The summed E-state index contributed by atoms with van der Waals surface area (Å²) in [6, 6.07) is 1.87. The Morgan fingerprint density at radius 2 is 2.24 bits per heavy atom. The molecule has 1 aliphatic heterocycles. The second-order valence-electron chi connectivity index (χ2n) is 3.98. The van der Waals surface area contributed by atoms with E-state index in [1.807, 2.05) is 17.8 Å². The van der Waals surface area contributed by atoms with Crippen LogP contribution >= 0.6 is 27.7 Å². The molecule has 2 heterocycles. The lowest BCUT2D eigenvalue weighted by atomic mass is 10.4. The lowest BCUT2D eigenvalue weighted by molar-refractivity contribution is 0.314. The molecule has 94 valence electrons. The van der Waals surface area contributed by atoms with Crippen LogP contribution in [-0.4, -0.2) is 47.6 Å². The van der Waals surface area contributed by atoms with E-state index in [0.717, 1.165) is 23.4 Å². The number of pyridine rings is 1. The molecule has 0 atom stereocenters. The summed E-state index contributed by atoms with van der Waals surface area (Å²) in [7, 11) is 0. The lowest BCUT2D eigenvalue weighted by Crippen LogP contribution is -2.36. The first-order valence-electron chi connectivity index (χ1n) is 5.71. The molecule has 4 nitrogen and oxygen atoms in total. The van der Waals surface area contributed by atoms with Gasteiger partial charge in [-0.05, 0) is 22.0 Å². The summed E-state index contributed by atoms with van der Waals surface area (Å²) in [5.74, 6) is 3.37. The summed E-state index contributed by atoms with van der Waals surface area (Å²) < 4.78 is 0.923. The molecule has 0 spiro atoms. The van der Waals surface area contributed by atoms with Gasteiger partial charge in [-0.3, -0.25) is 4.90 Å². The number of nitrogen functional groups attached to an aromatic ring is 1. The van der Waals surface area contributed by atoms with Crippen LogP contribution in [0.2, 0.25) is 0 Å². The second-order valence-corrected chi connectivity index (χ2v) is 6.06. The van der Waals surface area contributed by atoms with Crippen molar-refractivity contribution in [2.75, 3.05) is 48.7 Å². The fourth-order valence-corrected chi connectivity index (χ4v) is 3.23. The molecule has 0 bridgehead atoms. The molecule has 2 rings (SSSR count). The van der Waals surface area contributed by atoms with Crippen molar-refractivity contribution in [3.63, 3.8) is 0 Å². The summed E-state index contributed by atoms with van der Waals surface area (Å²) in [5.41, 5.74) is 6.32. The highest BCUT2D eigenvalue weighted by Gasteiger charge is 2.09. The van der Waals surface area contributed by atoms with Crippen molar-refractivity contribution in [2.24, 2.45) is 0 Å². The number of thioether (sulfide) groups is 1. The maximum atomic E-state index is 5.64. The van der Waals surface area contributed by atoms with E-state index in [2.05, 4.69) is 31.1 Å². The maximum Gasteiger partial charge on any atom is 0.140 e. The molecule has 1 saturated heterocycles. The molecule has 0 aliphatic carbocycles. The summed E-state index contributed by atoms with van der Waals surface area (Å²) in [6.45, 7) is 4.38. The van der Waals surface area contributed by atoms with Gasteiger partial charge in [0.05, 0.1) is 16.4 Å². The van der Waals surface area contributed by atoms with Gasteiger partial charge in [0.2, 0.25) is 0 Å². The van der Waals surface area contributed by atoms with E-state index in [0.29, 0.717) is 5.69 Å². The van der Waals surface area contributed by atoms with Crippen molar-refractivity contribution in [1.82, 2.24) is 9.88 Å². The lowest BCUT2D eigenvalue weighted by Gasteiger charge is -2.26. The largest absolute Gasteiger partial charge is 0.397 e. The quantitative estimate of drug-likeness (QED) is 0.888. The Labute approximate surface area is 114 Å². The van der Waals surface area contributed by atoms with Gasteiger partial charge in [-0.1, -0.05) is 0 Å². The van der Waals surface area contributed by atoms with Crippen LogP contribution < -0.4 is 11.1 Å². The summed E-state index contributed by atoms with van der Waals surface area (Å²) in [6.07, 6.45) is 1.67. The predicted octanol–water partition coefficient (Wildman–Crippen LogP) is 1.89. The molecule has 0 unspecified atom stereocenters. The van der Waals surface area contributed by atoms with E-state index >= 15 is 0 Å². The number of nitrogens with two attached hydrogens (primary N) is 1. The minimum atomic E-state index is 0.676. The zero-order chi connectivity index (χ0) is 12.1. The summed E-state index contributed by atoms with van der Waals surface area (Å²) in [5, 5.41) is 3.33. The zero-order valence-electron chi connectivity index (χ0n) is 9.66. The van der Waals surface area contributed by atoms with Crippen molar-refractivity contribution in [2.45, 2.75) is 0 Å². The molecule has 6 heteroatoms. The fourth-order valence-electron chi connectivity index (χ4n) is 1.74. The number of anilines is 2. The van der Waals surface area contributed by atoms with Crippen LogP contribution in [-0.2, 0) is 0 Å². The highest BCUT2D eigenvalue weighted by Crippen LogP contribution is 2.21. The Morgan fingerprint density at radius 3 is 2.94 bits per heavy atom. The highest BCUT2D eigenvalue weighted by atomic mass is 79.9. The molecule has 3 N–H and O–H groups in total. The van der Waals surface area contributed by atoms with Crippen LogP contribution in [0.5, 0.6) is 0 Å². The van der Waals surface area contributed by atoms with E-state index in [1.165, 1.54) is 24.6 Å². The molecule has 1 fully saturated rings. The third-order valence-electron chi connectivity index (χ3n) is 2.69. The van der Waals surface area contributed by atoms with E-state index in [1.54, 1.807) is 6.20 Å². The minimum absolute atomic E-state index is 0.676. The highest BCUT2D eigenvalue weighted by molar-refractivity contribution is 9.10. The van der Waals surface area contributed by atoms with Gasteiger partial charge in [0, 0.05) is 37.7 Å². The number of nitrogens with one attached hydrogen (secondary N) is 1. The van der Waals surface area contributed by atoms with Crippen LogP contribution in [0.4, 0.5) is 11.5 Å². The Balaban J connectivity index is 1.77. The average molecular weight is 317 g/mol. The number of nitrogens with zero attached hydrogens (tertiary/aromatic N) is 2. The molecular formula is C11H17BrN4S. The van der Waals surface area contributed by atoms with E-state index in [4.69, 9.17) is 5.73 Å². The normalized spacial score (nSPS) is 17.0. The topological polar surface area (TPSA) is 54.2 Å². The molecule has 0 aromatic carbocycles. The van der Waals surface area contributed by atoms with E-state index < -0.39 is 0 Å². The van der Waals surface area contributed by atoms with Crippen molar-refractivity contribution >= 4 is 39.2 Å². The first-order chi connectivity index (χ1) is 8.25. The number of rotatable bonds is 4. The average Bonchev–Trinajstić information content (AvgIpc) is 2.33. The van der Waals surface area contributed by atoms with Gasteiger partial charge in [-0.25, -0.2) is 4.98 Å². The van der Waals surface area contributed by atoms with Gasteiger partial charge >= 0.3 is 0 Å². The molecule has 0 amide bonds. The Morgan fingerprint density at radius 1 is 1.47 bits per heavy atom. The molecule has 0 radical (unpaired) electrons. The Kier molecular flexibility index (Phi) is 4.94. The zero-order valence-corrected chi connectivity index (χ0v) is 12.1. The number of hydrogen-bond acceptors (Lipinski definition) is 5. The molecule has 1 aromatic heterocycles. The fraction of sp³-hybridized carbons (Fsp3) is 0.545. The summed E-state index contributed by atoms with van der Waals surface area (Å²) >= 11 is 5.49. The van der Waals surface area contributed by atoms with Crippen molar-refractivity contribution in [3.8, 4) is 0 Å². The van der Waals surface area contributed by atoms with Crippen LogP contribution in [0.25, 0.3) is 0 Å². The third-order valence-corrected chi connectivity index (χ3v) is 4.23. The SMILES string of the molecule is Nc1cnc(NCCN2CCSCC2)c(Br)c1. The number of aromatic nitrogens is 1. The Hall–Kier alpha value is -0.460. The molecule has 1 aromatic rings. The Bertz CT molecular complexity index is 368. The van der Waals surface area contributed by atoms with Crippen molar-refractivity contribution in [3.05, 3.63) is 16.7 Å². The van der Waals surface area contributed by atoms with Gasteiger partial charge in [0.25, 0.3) is 0 Å². The van der Waals surface area contributed by atoms with Gasteiger partial charge in [0.1, 0.15) is 5.82 Å². The molecule has 0 saturated carbocycles. The van der Waals surface area contributed by atoms with Crippen molar-refractivity contribution in [1.29, 1.82) is 0 Å². The molecule has 1 aliphatic rings. The van der Waals surface area contributed by atoms with Crippen LogP contribution in [0.15, 0.2) is 16.7 Å². The van der Waals surface area contributed by atoms with Crippen LogP contribution in [0, 0.1) is 0 Å². The monoisotopic (exact) mass is 316 g/mol. The van der Waals surface area contributed by atoms with Crippen LogP contribution in [0.1, 0.15) is 0 Å². The second kappa shape index (κ2) is 6.47. The first kappa shape index (κ1) is 13.0. The summed E-state index contributed by atoms with van der Waals surface area (Å²) in [4.78, 5) is 6.74. The first-order valence-corrected chi connectivity index (χ1v) is 7.65. The van der Waals surface area contributed by atoms with E-state index in [-0.39, 0.29) is 0 Å². The van der Waals surface area contributed by atoms with Gasteiger partial charge in [-0.2, -0.15) is 11.8 Å². The molecule has 17 heavy (non-hydrogen) atoms. The number of halogens is 1. The van der Waals surface area contributed by atoms with Crippen LogP contribution in [0.3, 0.4) is 0 Å². The molecular weight excluding hydrogens is 300 g/mol. The predicted molar refractivity (Wildman–Crippen MR) is 78.6 cm³/mol. The van der Waals surface area contributed by atoms with Gasteiger partial charge in [-0.15, -0.1) is 0 Å². The van der Waals surface area contributed by atoms with Crippen molar-refractivity contribution < 1.29 is 0 Å². The van der Waals surface area contributed by atoms with Gasteiger partial charge in [0.15, 0.2) is 0 Å². The third kappa shape index (κ3) is 4.04. The standard InChI is InChI=1S/C11H17BrN4S/c12-10-7-9(13)8-15-11(10)14-1-2-16-3-5-17-6-4-16/h7-8H,1-6,13H2,(H,14,15).